The van der Waals surface area contributed by atoms with Crippen molar-refractivity contribution in [3.8, 4) is 0 Å². The van der Waals surface area contributed by atoms with E-state index >= 15 is 0 Å². The molecule has 0 aliphatic heterocycles. The number of amides is 2. The Hall–Kier alpha value is -1.91. The summed E-state index contributed by atoms with van der Waals surface area (Å²) in [6.45, 7) is 0.155. The van der Waals surface area contributed by atoms with Gasteiger partial charge in [-0.3, -0.25) is 9.59 Å². The van der Waals surface area contributed by atoms with E-state index in [-0.39, 0.29) is 35.9 Å². The Morgan fingerprint density at radius 1 is 1.12 bits per heavy atom. The van der Waals surface area contributed by atoms with Crippen molar-refractivity contribution < 1.29 is 22.8 Å². The van der Waals surface area contributed by atoms with Gasteiger partial charge in [0, 0.05) is 29.4 Å². The molecule has 2 rings (SSSR count). The first-order chi connectivity index (χ1) is 12.1. The highest BCUT2D eigenvalue weighted by Crippen LogP contribution is 2.33. The first-order valence-electron chi connectivity index (χ1n) is 7.06. The van der Waals surface area contributed by atoms with Crippen LogP contribution in [-0.2, 0) is 22.3 Å². The van der Waals surface area contributed by atoms with Gasteiger partial charge in [0.15, 0.2) is 0 Å². The van der Waals surface area contributed by atoms with Gasteiger partial charge in [-0.15, -0.1) is 10.2 Å². The van der Waals surface area contributed by atoms with Crippen LogP contribution >= 0.6 is 34.5 Å². The highest BCUT2D eigenvalue weighted by molar-refractivity contribution is 7.15. The van der Waals surface area contributed by atoms with Crippen LogP contribution in [0.2, 0.25) is 10.0 Å². The van der Waals surface area contributed by atoms with E-state index in [9.17, 15) is 22.8 Å². The Morgan fingerprint density at radius 3 is 2.42 bits per heavy atom. The molecule has 1 heterocycles. The van der Waals surface area contributed by atoms with Gasteiger partial charge in [-0.1, -0.05) is 40.6 Å². The van der Waals surface area contributed by atoms with E-state index < -0.39 is 23.0 Å². The fourth-order valence-electron chi connectivity index (χ4n) is 1.74. The van der Waals surface area contributed by atoms with Crippen LogP contribution in [0.5, 0.6) is 0 Å². The van der Waals surface area contributed by atoms with Gasteiger partial charge >= 0.3 is 6.18 Å². The second kappa shape index (κ2) is 8.65. The molecule has 0 bridgehead atoms. The highest BCUT2D eigenvalue weighted by Gasteiger charge is 2.35. The van der Waals surface area contributed by atoms with Crippen molar-refractivity contribution in [2.45, 2.75) is 25.6 Å². The molecule has 1 aromatic carbocycles. The van der Waals surface area contributed by atoms with Crippen LogP contribution in [0.25, 0.3) is 0 Å². The molecule has 140 valence electrons. The third kappa shape index (κ3) is 6.11. The van der Waals surface area contributed by atoms with E-state index in [1.807, 2.05) is 0 Å². The monoisotopic (exact) mass is 426 g/mol. The van der Waals surface area contributed by atoms with E-state index in [1.54, 1.807) is 12.1 Å². The van der Waals surface area contributed by atoms with E-state index in [1.165, 1.54) is 6.07 Å². The Bertz CT molecular complexity index is 814. The molecule has 0 atom stereocenters. The number of hydrogen-bond acceptors (Lipinski definition) is 5. The van der Waals surface area contributed by atoms with Gasteiger partial charge in [-0.2, -0.15) is 13.2 Å². The van der Waals surface area contributed by atoms with Crippen molar-refractivity contribution in [2.75, 3.05) is 5.32 Å². The van der Waals surface area contributed by atoms with Crippen molar-refractivity contribution in [1.29, 1.82) is 0 Å². The van der Waals surface area contributed by atoms with Crippen LogP contribution in [0.3, 0.4) is 0 Å². The van der Waals surface area contributed by atoms with Crippen molar-refractivity contribution >= 4 is 51.5 Å². The summed E-state index contributed by atoms with van der Waals surface area (Å²) in [7, 11) is 0. The van der Waals surface area contributed by atoms with Crippen LogP contribution in [0, 0.1) is 0 Å². The molecule has 2 aromatic rings. The predicted octanol–water partition coefficient (Wildman–Crippen LogP) is 3.90. The quantitative estimate of drug-likeness (QED) is 0.733. The molecule has 0 saturated carbocycles. The zero-order chi connectivity index (χ0) is 19.3. The van der Waals surface area contributed by atoms with Crippen molar-refractivity contribution in [3.05, 3.63) is 38.8 Å². The molecule has 2 amide bonds. The van der Waals surface area contributed by atoms with E-state index in [4.69, 9.17) is 23.2 Å². The van der Waals surface area contributed by atoms with Gasteiger partial charge in [0.05, 0.1) is 0 Å². The molecular weight excluding hydrogens is 416 g/mol. The average molecular weight is 427 g/mol. The van der Waals surface area contributed by atoms with Gasteiger partial charge in [0.1, 0.15) is 0 Å². The molecular formula is C14H11Cl2F3N4O2S. The largest absolute Gasteiger partial charge is 0.445 e. The zero-order valence-corrected chi connectivity index (χ0v) is 15.2. The number of hydrogen-bond donors (Lipinski definition) is 2. The average Bonchev–Trinajstić information content (AvgIpc) is 3.01. The number of carbonyl (C=O) groups is 2. The summed E-state index contributed by atoms with van der Waals surface area (Å²) >= 11 is 12.0. The Morgan fingerprint density at radius 2 is 1.81 bits per heavy atom. The number of rotatable bonds is 6. The molecule has 1 aromatic heterocycles. The Kier molecular flexibility index (Phi) is 6.79. The smallest absolute Gasteiger partial charge is 0.352 e. The van der Waals surface area contributed by atoms with Crippen LogP contribution in [-0.4, -0.2) is 22.0 Å². The van der Waals surface area contributed by atoms with Crippen LogP contribution in [0.4, 0.5) is 18.3 Å². The lowest BCUT2D eigenvalue weighted by molar-refractivity contribution is -0.138. The fourth-order valence-corrected chi connectivity index (χ4v) is 2.85. The summed E-state index contributed by atoms with van der Waals surface area (Å²) in [5.74, 6) is -1.06. The standard InChI is InChI=1S/C14H11Cl2F3N4O2S/c15-8-2-1-7(9(16)5-8)6-20-10(24)3-4-11(25)21-13-23-22-12(26-13)14(17,18)19/h1-2,5H,3-4,6H2,(H,20,24)(H,21,23,25). The lowest BCUT2D eigenvalue weighted by Crippen LogP contribution is -2.24. The number of nitrogens with one attached hydrogen (secondary N) is 2. The first kappa shape index (κ1) is 20.4. The molecule has 2 N–H and O–H groups in total. The Labute approximate surface area is 159 Å². The number of halogens is 5. The molecule has 0 spiro atoms. The maximum atomic E-state index is 12.4. The van der Waals surface area contributed by atoms with Gasteiger partial charge in [-0.25, -0.2) is 0 Å². The zero-order valence-electron chi connectivity index (χ0n) is 12.9. The van der Waals surface area contributed by atoms with Crippen molar-refractivity contribution in [2.24, 2.45) is 0 Å². The van der Waals surface area contributed by atoms with Gasteiger partial charge in [0.25, 0.3) is 0 Å². The molecule has 0 saturated heterocycles. The summed E-state index contributed by atoms with van der Waals surface area (Å²) in [6.07, 6.45) is -4.99. The second-order valence-corrected chi connectivity index (χ2v) is 6.79. The minimum atomic E-state index is -4.62. The van der Waals surface area contributed by atoms with E-state index in [0.29, 0.717) is 15.6 Å². The third-order valence-corrected chi connectivity index (χ3v) is 4.45. The number of aromatic nitrogens is 2. The van der Waals surface area contributed by atoms with E-state index in [0.717, 1.165) is 0 Å². The van der Waals surface area contributed by atoms with Crippen molar-refractivity contribution in [1.82, 2.24) is 15.5 Å². The summed E-state index contributed by atoms with van der Waals surface area (Å²) < 4.78 is 37.2. The third-order valence-electron chi connectivity index (χ3n) is 2.98. The van der Waals surface area contributed by atoms with Gasteiger partial charge < -0.3 is 10.6 Å². The van der Waals surface area contributed by atoms with Crippen LogP contribution in [0.15, 0.2) is 18.2 Å². The van der Waals surface area contributed by atoms with E-state index in [2.05, 4.69) is 20.8 Å². The lowest BCUT2D eigenvalue weighted by atomic mass is 10.2. The van der Waals surface area contributed by atoms with Crippen LogP contribution in [0.1, 0.15) is 23.4 Å². The summed E-state index contributed by atoms with van der Waals surface area (Å²) in [5, 5.41) is 10.3. The van der Waals surface area contributed by atoms with Gasteiger partial charge in [-0.05, 0) is 17.7 Å². The SMILES string of the molecule is O=C(CCC(=O)Nc1nnc(C(F)(F)F)s1)NCc1ccc(Cl)cc1Cl. The topological polar surface area (TPSA) is 84.0 Å². The van der Waals surface area contributed by atoms with Crippen LogP contribution < -0.4 is 10.6 Å². The molecule has 26 heavy (non-hydrogen) atoms. The summed E-state index contributed by atoms with van der Waals surface area (Å²) in [5.41, 5.74) is 0.655. The van der Waals surface area contributed by atoms with Crippen molar-refractivity contribution in [3.63, 3.8) is 0 Å². The Balaban J connectivity index is 1.76. The molecule has 0 fully saturated rings. The minimum absolute atomic E-state index is 0.151. The van der Waals surface area contributed by atoms with Gasteiger partial charge in [0.2, 0.25) is 22.0 Å². The number of benzene rings is 1. The molecule has 0 aliphatic carbocycles. The number of anilines is 1. The predicted molar refractivity (Wildman–Crippen MR) is 91.1 cm³/mol. The number of alkyl halides is 3. The molecule has 6 nitrogen and oxygen atoms in total. The highest BCUT2D eigenvalue weighted by atomic mass is 35.5. The first-order valence-corrected chi connectivity index (χ1v) is 8.63. The number of nitrogens with zero attached hydrogens (tertiary/aromatic N) is 2. The molecule has 0 unspecified atom stereocenters. The molecule has 0 aliphatic rings. The minimum Gasteiger partial charge on any atom is -0.352 e. The summed E-state index contributed by atoms with van der Waals surface area (Å²) in [4.78, 5) is 23.4. The lowest BCUT2D eigenvalue weighted by Gasteiger charge is -2.07. The summed E-state index contributed by atoms with van der Waals surface area (Å²) in [6, 6.07) is 4.82. The fraction of sp³-hybridized carbons (Fsp3) is 0.286. The normalized spacial score (nSPS) is 11.3. The maximum absolute atomic E-state index is 12.4. The maximum Gasteiger partial charge on any atom is 0.445 e. The second-order valence-electron chi connectivity index (χ2n) is 4.97. The number of carbonyl (C=O) groups excluding carboxylic acids is 2. The molecule has 0 radical (unpaired) electrons. The molecule has 12 heteroatoms.